The summed E-state index contributed by atoms with van der Waals surface area (Å²) in [5, 5.41) is 5.91. The first kappa shape index (κ1) is 21.9. The van der Waals surface area contributed by atoms with Crippen molar-refractivity contribution in [3.05, 3.63) is 65.3 Å². The van der Waals surface area contributed by atoms with Crippen molar-refractivity contribution < 1.29 is 4.74 Å². The first-order valence-electron chi connectivity index (χ1n) is 10.9. The number of benzene rings is 2. The Balaban J connectivity index is 1.87. The molecule has 0 N–H and O–H groups in total. The van der Waals surface area contributed by atoms with Crippen LogP contribution in [0.2, 0.25) is 5.02 Å². The Hall–Kier alpha value is -2.30. The van der Waals surface area contributed by atoms with E-state index in [9.17, 15) is 0 Å². The molecule has 0 unspecified atom stereocenters. The van der Waals surface area contributed by atoms with Crippen LogP contribution in [0.5, 0.6) is 0 Å². The summed E-state index contributed by atoms with van der Waals surface area (Å²) in [5.74, 6) is 0.331. The molecule has 0 aliphatic carbocycles. The summed E-state index contributed by atoms with van der Waals surface area (Å²) in [4.78, 5) is 2.13. The quantitative estimate of drug-likeness (QED) is 0.454. The van der Waals surface area contributed by atoms with Crippen LogP contribution in [0.3, 0.4) is 0 Å². The first-order chi connectivity index (χ1) is 14.5. The zero-order chi connectivity index (χ0) is 22.4. The lowest BCUT2D eigenvalue weighted by Crippen LogP contribution is -2.44. The van der Waals surface area contributed by atoms with E-state index in [2.05, 4.69) is 93.8 Å². The molecule has 1 aliphatic rings. The van der Waals surface area contributed by atoms with Crippen molar-refractivity contribution in [3.63, 3.8) is 0 Å². The molecule has 5 heteroatoms. The molecular weight excluding hydrogens is 406 g/mol. The van der Waals surface area contributed by atoms with Gasteiger partial charge in [0, 0.05) is 30.6 Å². The molecule has 1 aromatic heterocycles. The van der Waals surface area contributed by atoms with E-state index in [4.69, 9.17) is 21.4 Å². The van der Waals surface area contributed by atoms with Crippen molar-refractivity contribution in [1.82, 2.24) is 9.78 Å². The minimum atomic E-state index is -0.182. The van der Waals surface area contributed by atoms with Crippen LogP contribution in [0.1, 0.15) is 52.1 Å². The van der Waals surface area contributed by atoms with Crippen LogP contribution in [0, 0.1) is 0 Å². The lowest BCUT2D eigenvalue weighted by molar-refractivity contribution is -0.162. The number of hydrogen-bond acceptors (Lipinski definition) is 3. The van der Waals surface area contributed by atoms with Crippen LogP contribution >= 0.6 is 11.6 Å². The number of halogens is 1. The molecular formula is C26H32ClN3O. The summed E-state index contributed by atoms with van der Waals surface area (Å²) in [6, 6.07) is 18.6. The third kappa shape index (κ3) is 4.65. The standard InChI is InChI=1S/C26H32ClN3O/c1-25(2)16-19(17-26(3,4)31-25)21-15-24(18-11-13-20(27)14-12-18)30(28-21)23-10-8-7-9-22(23)29(5)6/h7-15,19H,16-17H2,1-6H3. The number of ether oxygens (including phenoxy) is 1. The second-order valence-corrected chi connectivity index (χ2v) is 10.4. The Morgan fingerprint density at radius 2 is 1.58 bits per heavy atom. The highest BCUT2D eigenvalue weighted by molar-refractivity contribution is 6.30. The summed E-state index contributed by atoms with van der Waals surface area (Å²) >= 11 is 6.17. The van der Waals surface area contributed by atoms with E-state index in [0.29, 0.717) is 5.92 Å². The largest absolute Gasteiger partial charge is 0.376 e. The molecule has 0 spiro atoms. The molecule has 0 amide bonds. The maximum atomic E-state index is 6.33. The molecule has 2 heterocycles. The second kappa shape index (κ2) is 7.99. The number of nitrogens with zero attached hydrogens (tertiary/aromatic N) is 3. The summed E-state index contributed by atoms with van der Waals surface area (Å²) in [7, 11) is 4.13. The topological polar surface area (TPSA) is 30.3 Å². The molecule has 1 fully saturated rings. The predicted molar refractivity (Wildman–Crippen MR) is 130 cm³/mol. The lowest BCUT2D eigenvalue weighted by Gasteiger charge is -2.45. The molecule has 0 saturated carbocycles. The van der Waals surface area contributed by atoms with Gasteiger partial charge in [0.15, 0.2) is 0 Å². The van der Waals surface area contributed by atoms with Crippen molar-refractivity contribution in [2.45, 2.75) is 57.7 Å². The fourth-order valence-electron chi connectivity index (χ4n) is 4.93. The van der Waals surface area contributed by atoms with Gasteiger partial charge in [0.05, 0.1) is 34.0 Å². The first-order valence-corrected chi connectivity index (χ1v) is 11.3. The van der Waals surface area contributed by atoms with E-state index >= 15 is 0 Å². The molecule has 164 valence electrons. The zero-order valence-electron chi connectivity index (χ0n) is 19.3. The van der Waals surface area contributed by atoms with Gasteiger partial charge in [0.2, 0.25) is 0 Å². The number of para-hydroxylation sites is 2. The summed E-state index contributed by atoms with van der Waals surface area (Å²) in [5.41, 5.74) is 5.11. The minimum absolute atomic E-state index is 0.182. The van der Waals surface area contributed by atoms with Crippen molar-refractivity contribution in [3.8, 4) is 16.9 Å². The molecule has 4 rings (SSSR count). The molecule has 1 saturated heterocycles. The van der Waals surface area contributed by atoms with Crippen LogP contribution in [-0.2, 0) is 4.74 Å². The summed E-state index contributed by atoms with van der Waals surface area (Å²) < 4.78 is 8.41. The maximum absolute atomic E-state index is 6.33. The van der Waals surface area contributed by atoms with Gasteiger partial charge in [-0.2, -0.15) is 5.10 Å². The molecule has 2 aromatic carbocycles. The van der Waals surface area contributed by atoms with Crippen LogP contribution in [0.25, 0.3) is 16.9 Å². The van der Waals surface area contributed by atoms with Crippen molar-refractivity contribution in [1.29, 1.82) is 0 Å². The Labute approximate surface area is 190 Å². The number of rotatable bonds is 4. The average Bonchev–Trinajstić information content (AvgIpc) is 3.11. The number of hydrogen-bond donors (Lipinski definition) is 0. The Morgan fingerprint density at radius 3 is 2.19 bits per heavy atom. The normalized spacial score (nSPS) is 18.2. The molecule has 31 heavy (non-hydrogen) atoms. The van der Waals surface area contributed by atoms with Crippen molar-refractivity contribution >= 4 is 17.3 Å². The second-order valence-electron chi connectivity index (χ2n) is 9.98. The predicted octanol–water partition coefficient (Wildman–Crippen LogP) is 6.71. The van der Waals surface area contributed by atoms with Gasteiger partial charge in [-0.1, -0.05) is 35.9 Å². The maximum Gasteiger partial charge on any atom is 0.0886 e. The van der Waals surface area contributed by atoms with E-state index < -0.39 is 0 Å². The third-order valence-electron chi connectivity index (χ3n) is 5.91. The summed E-state index contributed by atoms with van der Waals surface area (Å²) in [6.07, 6.45) is 1.89. The van der Waals surface area contributed by atoms with Gasteiger partial charge in [0.25, 0.3) is 0 Å². The highest BCUT2D eigenvalue weighted by atomic mass is 35.5. The Kier molecular flexibility index (Phi) is 5.65. The monoisotopic (exact) mass is 437 g/mol. The van der Waals surface area contributed by atoms with E-state index in [-0.39, 0.29) is 11.2 Å². The van der Waals surface area contributed by atoms with Gasteiger partial charge in [-0.3, -0.25) is 0 Å². The fraction of sp³-hybridized carbons (Fsp3) is 0.423. The molecule has 1 aliphatic heterocycles. The number of aromatic nitrogens is 2. The lowest BCUT2D eigenvalue weighted by atomic mass is 9.79. The third-order valence-corrected chi connectivity index (χ3v) is 6.16. The van der Waals surface area contributed by atoms with Gasteiger partial charge in [-0.15, -0.1) is 0 Å². The Morgan fingerprint density at radius 1 is 0.968 bits per heavy atom. The summed E-state index contributed by atoms with van der Waals surface area (Å²) in [6.45, 7) is 8.72. The van der Waals surface area contributed by atoms with Gasteiger partial charge in [-0.25, -0.2) is 4.68 Å². The van der Waals surface area contributed by atoms with E-state index in [1.165, 1.54) is 0 Å². The van der Waals surface area contributed by atoms with Gasteiger partial charge >= 0.3 is 0 Å². The van der Waals surface area contributed by atoms with Crippen LogP contribution in [-0.4, -0.2) is 35.1 Å². The van der Waals surface area contributed by atoms with Crippen LogP contribution < -0.4 is 4.90 Å². The average molecular weight is 438 g/mol. The number of anilines is 1. The molecule has 0 bridgehead atoms. The minimum Gasteiger partial charge on any atom is -0.376 e. The smallest absolute Gasteiger partial charge is 0.0886 e. The molecule has 0 radical (unpaired) electrons. The SMILES string of the molecule is CN(C)c1ccccc1-n1nc(C2CC(C)(C)OC(C)(C)C2)cc1-c1ccc(Cl)cc1. The van der Waals surface area contributed by atoms with Crippen molar-refractivity contribution in [2.24, 2.45) is 0 Å². The molecule has 4 nitrogen and oxygen atoms in total. The molecule has 3 aromatic rings. The Bertz CT molecular complexity index is 1050. The van der Waals surface area contributed by atoms with Crippen LogP contribution in [0.4, 0.5) is 5.69 Å². The zero-order valence-corrected chi connectivity index (χ0v) is 20.1. The van der Waals surface area contributed by atoms with E-state index in [0.717, 1.165) is 46.2 Å². The van der Waals surface area contributed by atoms with E-state index in [1.807, 2.05) is 12.1 Å². The van der Waals surface area contributed by atoms with E-state index in [1.54, 1.807) is 0 Å². The molecule has 0 atom stereocenters. The van der Waals surface area contributed by atoms with Crippen LogP contribution in [0.15, 0.2) is 54.6 Å². The van der Waals surface area contributed by atoms with Gasteiger partial charge in [-0.05, 0) is 70.9 Å². The van der Waals surface area contributed by atoms with Gasteiger partial charge < -0.3 is 9.64 Å². The highest BCUT2D eigenvalue weighted by Crippen LogP contribution is 2.44. The van der Waals surface area contributed by atoms with Gasteiger partial charge in [0.1, 0.15) is 0 Å². The fourth-order valence-corrected chi connectivity index (χ4v) is 5.06. The van der Waals surface area contributed by atoms with Crippen molar-refractivity contribution in [2.75, 3.05) is 19.0 Å². The highest BCUT2D eigenvalue weighted by Gasteiger charge is 2.41.